The van der Waals surface area contributed by atoms with Crippen LogP contribution in [0.2, 0.25) is 0 Å². The lowest BCUT2D eigenvalue weighted by Crippen LogP contribution is -2.28. The highest BCUT2D eigenvalue weighted by Crippen LogP contribution is 2.29. The van der Waals surface area contributed by atoms with E-state index in [0.717, 1.165) is 59.5 Å². The number of fused-ring (bicyclic) bond motifs is 1. The Morgan fingerprint density at radius 2 is 1.81 bits per heavy atom. The summed E-state index contributed by atoms with van der Waals surface area (Å²) in [6, 6.07) is 15.7. The molecule has 1 aliphatic heterocycles. The molecule has 1 amide bonds. The number of amides is 1. The molecule has 27 heavy (non-hydrogen) atoms. The Bertz CT molecular complexity index is 977. The number of methoxy groups -OCH3 is 1. The Balaban J connectivity index is 1.75. The van der Waals surface area contributed by atoms with Gasteiger partial charge in [-0.25, -0.2) is 4.98 Å². The van der Waals surface area contributed by atoms with Crippen molar-refractivity contribution in [2.24, 2.45) is 0 Å². The van der Waals surface area contributed by atoms with Crippen LogP contribution in [0.5, 0.6) is 5.75 Å². The van der Waals surface area contributed by atoms with Gasteiger partial charge >= 0.3 is 0 Å². The third-order valence-electron chi connectivity index (χ3n) is 4.95. The molecule has 1 saturated heterocycles. The van der Waals surface area contributed by atoms with Crippen LogP contribution in [0.4, 0.5) is 11.4 Å². The van der Waals surface area contributed by atoms with Crippen molar-refractivity contribution in [1.29, 1.82) is 0 Å². The van der Waals surface area contributed by atoms with Gasteiger partial charge < -0.3 is 15.0 Å². The number of nitrogens with zero attached hydrogens (tertiary/aromatic N) is 2. The van der Waals surface area contributed by atoms with Gasteiger partial charge in [-0.15, -0.1) is 0 Å². The van der Waals surface area contributed by atoms with Gasteiger partial charge in [0.25, 0.3) is 5.91 Å². The van der Waals surface area contributed by atoms with Gasteiger partial charge in [0.05, 0.1) is 18.3 Å². The normalized spacial score (nSPS) is 13.8. The van der Waals surface area contributed by atoms with E-state index >= 15 is 0 Å². The number of carbonyl (C=O) groups is 1. The number of nitrogens with one attached hydrogen (secondary N) is 1. The number of rotatable bonds is 4. The molecule has 1 N–H and O–H groups in total. The summed E-state index contributed by atoms with van der Waals surface area (Å²) in [5.41, 5.74) is 4.28. The summed E-state index contributed by atoms with van der Waals surface area (Å²) in [6.07, 6.45) is 2.13. The molecule has 0 atom stereocenters. The number of aryl methyl sites for hydroxylation is 1. The molecule has 0 aliphatic carbocycles. The molecule has 3 aromatic rings. The molecule has 0 spiro atoms. The van der Waals surface area contributed by atoms with E-state index in [1.807, 2.05) is 47.4 Å². The summed E-state index contributed by atoms with van der Waals surface area (Å²) >= 11 is 0. The van der Waals surface area contributed by atoms with Gasteiger partial charge in [-0.1, -0.05) is 11.6 Å². The maximum absolute atomic E-state index is 12.9. The van der Waals surface area contributed by atoms with Crippen molar-refractivity contribution >= 4 is 28.2 Å². The van der Waals surface area contributed by atoms with Gasteiger partial charge in [-0.05, 0) is 62.2 Å². The molecule has 2 aromatic carbocycles. The Morgan fingerprint density at radius 3 is 2.52 bits per heavy atom. The van der Waals surface area contributed by atoms with Crippen LogP contribution < -0.4 is 10.1 Å². The highest BCUT2D eigenvalue weighted by atomic mass is 16.5. The standard InChI is InChI=1S/C22H23N3O2/c1-15-5-10-19-18(13-15)20(23-16-6-8-17(27-2)9-7-16)14-21(24-19)22(26)25-11-3-4-12-25/h5-10,13-14H,3-4,11-12H2,1-2H3,(H,23,24). The van der Waals surface area contributed by atoms with Crippen molar-refractivity contribution in [3.8, 4) is 5.75 Å². The number of carbonyl (C=O) groups excluding carboxylic acids is 1. The average molecular weight is 361 g/mol. The highest BCUT2D eigenvalue weighted by molar-refractivity contribution is 6.00. The van der Waals surface area contributed by atoms with E-state index in [2.05, 4.69) is 23.3 Å². The molecule has 1 aromatic heterocycles. The second-order valence-electron chi connectivity index (χ2n) is 6.93. The number of ether oxygens (including phenoxy) is 1. The molecule has 1 fully saturated rings. The first kappa shape index (κ1) is 17.3. The molecule has 0 radical (unpaired) electrons. The predicted molar refractivity (Wildman–Crippen MR) is 108 cm³/mol. The first-order chi connectivity index (χ1) is 13.1. The van der Waals surface area contributed by atoms with E-state index in [1.165, 1.54) is 0 Å². The van der Waals surface area contributed by atoms with E-state index in [9.17, 15) is 4.79 Å². The van der Waals surface area contributed by atoms with E-state index in [-0.39, 0.29) is 5.91 Å². The van der Waals surface area contributed by atoms with Crippen molar-refractivity contribution in [2.75, 3.05) is 25.5 Å². The third kappa shape index (κ3) is 3.58. The van der Waals surface area contributed by atoms with Crippen molar-refractivity contribution in [1.82, 2.24) is 9.88 Å². The molecular weight excluding hydrogens is 338 g/mol. The number of hydrogen-bond acceptors (Lipinski definition) is 4. The van der Waals surface area contributed by atoms with E-state index in [0.29, 0.717) is 5.69 Å². The van der Waals surface area contributed by atoms with Gasteiger partial charge in [0.2, 0.25) is 0 Å². The molecule has 1 aliphatic rings. The van der Waals surface area contributed by atoms with Gasteiger partial charge in [0.15, 0.2) is 0 Å². The molecule has 138 valence electrons. The minimum absolute atomic E-state index is 0.00718. The first-order valence-corrected chi connectivity index (χ1v) is 9.26. The number of hydrogen-bond donors (Lipinski definition) is 1. The first-order valence-electron chi connectivity index (χ1n) is 9.26. The van der Waals surface area contributed by atoms with E-state index in [4.69, 9.17) is 4.74 Å². The zero-order valence-corrected chi connectivity index (χ0v) is 15.7. The second-order valence-corrected chi connectivity index (χ2v) is 6.93. The zero-order valence-electron chi connectivity index (χ0n) is 15.7. The van der Waals surface area contributed by atoms with Crippen molar-refractivity contribution in [3.05, 3.63) is 59.8 Å². The van der Waals surface area contributed by atoms with Crippen molar-refractivity contribution in [3.63, 3.8) is 0 Å². The van der Waals surface area contributed by atoms with Crippen LogP contribution in [-0.4, -0.2) is 36.0 Å². The summed E-state index contributed by atoms with van der Waals surface area (Å²) < 4.78 is 5.22. The molecule has 5 nitrogen and oxygen atoms in total. The van der Waals surface area contributed by atoms with Gasteiger partial charge in [0, 0.05) is 24.2 Å². The molecule has 0 saturated carbocycles. The smallest absolute Gasteiger partial charge is 0.272 e. The molecule has 4 rings (SSSR count). The van der Waals surface area contributed by atoms with Crippen LogP contribution in [0.25, 0.3) is 10.9 Å². The lowest BCUT2D eigenvalue weighted by molar-refractivity contribution is 0.0787. The molecule has 0 bridgehead atoms. The van der Waals surface area contributed by atoms with Crippen molar-refractivity contribution in [2.45, 2.75) is 19.8 Å². The largest absolute Gasteiger partial charge is 0.497 e. The van der Waals surface area contributed by atoms with Crippen LogP contribution in [0.1, 0.15) is 28.9 Å². The average Bonchev–Trinajstić information content (AvgIpc) is 3.23. The van der Waals surface area contributed by atoms with Crippen LogP contribution in [0.3, 0.4) is 0 Å². The van der Waals surface area contributed by atoms with Crippen LogP contribution in [0.15, 0.2) is 48.5 Å². The fourth-order valence-corrected chi connectivity index (χ4v) is 3.46. The zero-order chi connectivity index (χ0) is 18.8. The van der Waals surface area contributed by atoms with Crippen LogP contribution in [-0.2, 0) is 0 Å². The molecule has 2 heterocycles. The van der Waals surface area contributed by atoms with Gasteiger partial charge in [-0.3, -0.25) is 4.79 Å². The number of aromatic nitrogens is 1. The molecule has 5 heteroatoms. The Hall–Kier alpha value is -3.08. The fraction of sp³-hybridized carbons (Fsp3) is 0.273. The third-order valence-corrected chi connectivity index (χ3v) is 4.95. The minimum atomic E-state index is 0.00718. The monoisotopic (exact) mass is 361 g/mol. The number of likely N-dealkylation sites (tertiary alicyclic amines) is 1. The number of anilines is 2. The summed E-state index contributed by atoms with van der Waals surface area (Å²) in [7, 11) is 1.65. The summed E-state index contributed by atoms with van der Waals surface area (Å²) in [6.45, 7) is 3.68. The lowest BCUT2D eigenvalue weighted by Gasteiger charge is -2.17. The minimum Gasteiger partial charge on any atom is -0.497 e. The second kappa shape index (κ2) is 7.27. The predicted octanol–water partition coefficient (Wildman–Crippen LogP) is 4.53. The van der Waals surface area contributed by atoms with E-state index < -0.39 is 0 Å². The van der Waals surface area contributed by atoms with E-state index in [1.54, 1.807) is 7.11 Å². The summed E-state index contributed by atoms with van der Waals surface area (Å²) in [5, 5.41) is 4.45. The quantitative estimate of drug-likeness (QED) is 0.742. The van der Waals surface area contributed by atoms with Gasteiger partial charge in [-0.2, -0.15) is 0 Å². The van der Waals surface area contributed by atoms with Gasteiger partial charge in [0.1, 0.15) is 11.4 Å². The topological polar surface area (TPSA) is 54.5 Å². The maximum atomic E-state index is 12.9. The van der Waals surface area contributed by atoms with Crippen LogP contribution in [0, 0.1) is 6.92 Å². The number of benzene rings is 2. The Labute approximate surface area is 159 Å². The SMILES string of the molecule is COc1ccc(Nc2cc(C(=O)N3CCCC3)nc3ccc(C)cc23)cc1. The van der Waals surface area contributed by atoms with Crippen LogP contribution >= 0.6 is 0 Å². The van der Waals surface area contributed by atoms with Crippen molar-refractivity contribution < 1.29 is 9.53 Å². The maximum Gasteiger partial charge on any atom is 0.272 e. The molecule has 0 unspecified atom stereocenters. The Morgan fingerprint density at radius 1 is 1.07 bits per heavy atom. The highest BCUT2D eigenvalue weighted by Gasteiger charge is 2.22. The Kier molecular flexibility index (Phi) is 4.67. The lowest BCUT2D eigenvalue weighted by atomic mass is 10.1. The fourth-order valence-electron chi connectivity index (χ4n) is 3.46. The summed E-state index contributed by atoms with van der Waals surface area (Å²) in [5.74, 6) is 0.814. The molecular formula is C22H23N3O2. The summed E-state index contributed by atoms with van der Waals surface area (Å²) in [4.78, 5) is 19.4. The number of pyridine rings is 1.